The van der Waals surface area contributed by atoms with Gasteiger partial charge in [-0.25, -0.2) is 4.98 Å². The number of rotatable bonds is 2. The van der Waals surface area contributed by atoms with Gasteiger partial charge in [0.1, 0.15) is 12.2 Å². The lowest BCUT2D eigenvalue weighted by atomic mass is 9.62. The van der Waals surface area contributed by atoms with Crippen LogP contribution in [0.5, 0.6) is 0 Å². The van der Waals surface area contributed by atoms with Crippen LogP contribution in [-0.4, -0.2) is 32.5 Å². The molecule has 1 aromatic heterocycles. The molecule has 1 aromatic rings. The van der Waals surface area contributed by atoms with E-state index in [2.05, 4.69) is 36.0 Å². The Kier molecular flexibility index (Phi) is 3.76. The van der Waals surface area contributed by atoms with E-state index in [1.54, 1.807) is 0 Å². The van der Waals surface area contributed by atoms with Crippen molar-refractivity contribution in [2.24, 2.45) is 17.3 Å². The van der Waals surface area contributed by atoms with E-state index >= 15 is 0 Å². The van der Waals surface area contributed by atoms with Gasteiger partial charge in [-0.1, -0.05) is 20.8 Å². The fourth-order valence-corrected chi connectivity index (χ4v) is 3.62. The zero-order valence-electron chi connectivity index (χ0n) is 13.3. The quantitative estimate of drug-likeness (QED) is 0.911. The van der Waals surface area contributed by atoms with E-state index in [9.17, 15) is 4.79 Å². The van der Waals surface area contributed by atoms with Crippen molar-refractivity contribution < 1.29 is 4.79 Å². The van der Waals surface area contributed by atoms with Gasteiger partial charge in [-0.15, -0.1) is 0 Å². The molecular formula is C16H26N4O. The number of hydrogen-bond acceptors (Lipinski definition) is 3. The monoisotopic (exact) mass is 290 g/mol. The van der Waals surface area contributed by atoms with E-state index in [1.807, 2.05) is 4.90 Å². The van der Waals surface area contributed by atoms with E-state index in [-0.39, 0.29) is 12.0 Å². The Morgan fingerprint density at radius 2 is 2.10 bits per heavy atom. The van der Waals surface area contributed by atoms with Crippen LogP contribution in [0.15, 0.2) is 6.33 Å². The van der Waals surface area contributed by atoms with Crippen LogP contribution in [0.3, 0.4) is 0 Å². The van der Waals surface area contributed by atoms with Crippen LogP contribution in [-0.2, 0) is 4.79 Å². The standard InChI is InChI=1S/C16H26N4O/c1-16(2,3)12-8-11(9-12)15(21)20-7-5-4-6-13(20)14-17-10-18-19-14/h10-13H,4-9H2,1-3H3,(H,17,18,19). The third-order valence-corrected chi connectivity index (χ3v) is 5.25. The van der Waals surface area contributed by atoms with Crippen molar-refractivity contribution in [3.8, 4) is 0 Å². The van der Waals surface area contributed by atoms with Crippen LogP contribution in [0.1, 0.15) is 64.7 Å². The molecule has 0 bridgehead atoms. The smallest absolute Gasteiger partial charge is 0.226 e. The normalized spacial score (nSPS) is 30.0. The average molecular weight is 290 g/mol. The number of nitrogens with one attached hydrogen (secondary N) is 1. The highest BCUT2D eigenvalue weighted by atomic mass is 16.2. The van der Waals surface area contributed by atoms with Crippen molar-refractivity contribution in [1.82, 2.24) is 20.1 Å². The molecule has 0 spiro atoms. The maximum atomic E-state index is 12.8. The van der Waals surface area contributed by atoms with Crippen molar-refractivity contribution in [2.75, 3.05) is 6.54 Å². The lowest BCUT2D eigenvalue weighted by Gasteiger charge is -2.46. The molecule has 1 aliphatic heterocycles. The molecule has 2 fully saturated rings. The minimum Gasteiger partial charge on any atom is -0.332 e. The van der Waals surface area contributed by atoms with Crippen LogP contribution >= 0.6 is 0 Å². The first-order chi connectivity index (χ1) is 9.97. The van der Waals surface area contributed by atoms with E-state index in [1.165, 1.54) is 6.33 Å². The van der Waals surface area contributed by atoms with Gasteiger partial charge < -0.3 is 4.90 Å². The number of amides is 1. The van der Waals surface area contributed by atoms with E-state index in [0.29, 0.717) is 17.2 Å². The van der Waals surface area contributed by atoms with Crippen LogP contribution in [0.2, 0.25) is 0 Å². The minimum atomic E-state index is 0.0995. The molecule has 5 heteroatoms. The summed E-state index contributed by atoms with van der Waals surface area (Å²) in [4.78, 5) is 19.1. The maximum absolute atomic E-state index is 12.8. The second-order valence-electron chi connectivity index (χ2n) is 7.65. The van der Waals surface area contributed by atoms with Gasteiger partial charge in [-0.2, -0.15) is 5.10 Å². The number of H-pyrrole nitrogens is 1. The SMILES string of the molecule is CC(C)(C)C1CC(C(=O)N2CCCCC2c2ncn[nH]2)C1. The third kappa shape index (κ3) is 2.83. The van der Waals surface area contributed by atoms with Crippen LogP contribution in [0.4, 0.5) is 0 Å². The minimum absolute atomic E-state index is 0.0995. The van der Waals surface area contributed by atoms with Crippen molar-refractivity contribution in [2.45, 2.75) is 58.9 Å². The first-order valence-electron chi connectivity index (χ1n) is 8.12. The summed E-state index contributed by atoms with van der Waals surface area (Å²) in [7, 11) is 0. The molecule has 3 rings (SSSR count). The number of hydrogen-bond donors (Lipinski definition) is 1. The Morgan fingerprint density at radius 1 is 1.33 bits per heavy atom. The van der Waals surface area contributed by atoms with Gasteiger partial charge in [-0.05, 0) is 43.4 Å². The zero-order chi connectivity index (χ0) is 15.0. The largest absolute Gasteiger partial charge is 0.332 e. The van der Waals surface area contributed by atoms with Gasteiger partial charge in [0, 0.05) is 12.5 Å². The summed E-state index contributed by atoms with van der Waals surface area (Å²) in [5, 5.41) is 6.89. The molecule has 1 saturated heterocycles. The van der Waals surface area contributed by atoms with Crippen molar-refractivity contribution in [3.63, 3.8) is 0 Å². The molecule has 1 N–H and O–H groups in total. The van der Waals surface area contributed by atoms with E-state index < -0.39 is 0 Å². The highest BCUT2D eigenvalue weighted by Gasteiger charge is 2.44. The van der Waals surface area contributed by atoms with Gasteiger partial charge in [0.05, 0.1) is 6.04 Å². The zero-order valence-corrected chi connectivity index (χ0v) is 13.3. The molecule has 21 heavy (non-hydrogen) atoms. The molecule has 1 unspecified atom stereocenters. The summed E-state index contributed by atoms with van der Waals surface area (Å²) in [6.45, 7) is 7.69. The van der Waals surface area contributed by atoms with Gasteiger partial charge in [0.25, 0.3) is 0 Å². The lowest BCUT2D eigenvalue weighted by Crippen LogP contribution is -2.47. The predicted octanol–water partition coefficient (Wildman–Crippen LogP) is 2.93. The predicted molar refractivity (Wildman–Crippen MR) is 80.4 cm³/mol. The summed E-state index contributed by atoms with van der Waals surface area (Å²) in [6.07, 6.45) is 6.88. The number of nitrogens with zero attached hydrogens (tertiary/aromatic N) is 3. The Balaban J connectivity index is 1.66. The number of piperidine rings is 1. The number of carbonyl (C=O) groups excluding carboxylic acids is 1. The van der Waals surface area contributed by atoms with Crippen LogP contribution in [0.25, 0.3) is 0 Å². The maximum Gasteiger partial charge on any atom is 0.226 e. The lowest BCUT2D eigenvalue weighted by molar-refractivity contribution is -0.146. The molecular weight excluding hydrogens is 264 g/mol. The highest BCUT2D eigenvalue weighted by Crippen LogP contribution is 2.46. The fraction of sp³-hybridized carbons (Fsp3) is 0.812. The topological polar surface area (TPSA) is 61.9 Å². The Labute approximate surface area is 126 Å². The van der Waals surface area contributed by atoms with Crippen molar-refractivity contribution in [3.05, 3.63) is 12.2 Å². The molecule has 1 aliphatic carbocycles. The molecule has 1 amide bonds. The fourth-order valence-electron chi connectivity index (χ4n) is 3.62. The number of aromatic nitrogens is 3. The van der Waals surface area contributed by atoms with E-state index in [0.717, 1.165) is 44.5 Å². The number of carbonyl (C=O) groups is 1. The van der Waals surface area contributed by atoms with Crippen molar-refractivity contribution >= 4 is 5.91 Å². The second-order valence-corrected chi connectivity index (χ2v) is 7.65. The molecule has 0 radical (unpaired) electrons. The van der Waals surface area contributed by atoms with E-state index in [4.69, 9.17) is 0 Å². The summed E-state index contributed by atoms with van der Waals surface area (Å²) >= 11 is 0. The summed E-state index contributed by atoms with van der Waals surface area (Å²) in [5.74, 6) is 2.07. The molecule has 0 aromatic carbocycles. The highest BCUT2D eigenvalue weighted by molar-refractivity contribution is 5.80. The second kappa shape index (κ2) is 5.43. The Morgan fingerprint density at radius 3 is 2.71 bits per heavy atom. The molecule has 116 valence electrons. The van der Waals surface area contributed by atoms with Gasteiger partial charge in [-0.3, -0.25) is 9.89 Å². The molecule has 2 aliphatic rings. The summed E-state index contributed by atoms with van der Waals surface area (Å²) in [5.41, 5.74) is 0.322. The molecule has 1 saturated carbocycles. The Hall–Kier alpha value is -1.39. The summed E-state index contributed by atoms with van der Waals surface area (Å²) in [6, 6.07) is 0.0995. The Bertz CT molecular complexity index is 485. The van der Waals surface area contributed by atoms with Crippen LogP contribution in [0, 0.1) is 17.3 Å². The number of aromatic amines is 1. The summed E-state index contributed by atoms with van der Waals surface area (Å²) < 4.78 is 0. The van der Waals surface area contributed by atoms with Gasteiger partial charge in [0.2, 0.25) is 5.91 Å². The van der Waals surface area contributed by atoms with Crippen molar-refractivity contribution in [1.29, 1.82) is 0 Å². The first kappa shape index (κ1) is 14.5. The average Bonchev–Trinajstić information content (AvgIpc) is 2.88. The van der Waals surface area contributed by atoms with Gasteiger partial charge in [0.15, 0.2) is 0 Å². The number of likely N-dealkylation sites (tertiary alicyclic amines) is 1. The third-order valence-electron chi connectivity index (χ3n) is 5.25. The first-order valence-corrected chi connectivity index (χ1v) is 8.12. The molecule has 2 heterocycles. The van der Waals surface area contributed by atoms with Gasteiger partial charge >= 0.3 is 0 Å². The van der Waals surface area contributed by atoms with Crippen LogP contribution < -0.4 is 0 Å². The molecule has 1 atom stereocenters. The molecule has 5 nitrogen and oxygen atoms in total.